The van der Waals surface area contributed by atoms with Crippen LogP contribution in [0.15, 0.2) is 76.2 Å². The van der Waals surface area contributed by atoms with E-state index < -0.39 is 10.0 Å². The molecule has 4 aromatic rings. The molecule has 2 aromatic heterocycles. The summed E-state index contributed by atoms with van der Waals surface area (Å²) in [6.45, 7) is 0. The van der Waals surface area contributed by atoms with Crippen LogP contribution in [-0.2, 0) is 10.0 Å². The van der Waals surface area contributed by atoms with E-state index in [2.05, 4.69) is 14.7 Å². The number of pyridine rings is 1. The van der Waals surface area contributed by atoms with Crippen LogP contribution in [0.5, 0.6) is 5.75 Å². The van der Waals surface area contributed by atoms with Crippen molar-refractivity contribution >= 4 is 26.9 Å². The molecule has 0 saturated carbocycles. The van der Waals surface area contributed by atoms with Crippen LogP contribution in [0.1, 0.15) is 0 Å². The number of anilines is 1. The zero-order valence-electron chi connectivity index (χ0n) is 14.3. The summed E-state index contributed by atoms with van der Waals surface area (Å²) >= 11 is 0. The second-order valence-electron chi connectivity index (χ2n) is 5.70. The van der Waals surface area contributed by atoms with Gasteiger partial charge in [0.15, 0.2) is 11.2 Å². The summed E-state index contributed by atoms with van der Waals surface area (Å²) in [5.41, 5.74) is 2.28. The summed E-state index contributed by atoms with van der Waals surface area (Å²) in [5, 5.41) is 0. The lowest BCUT2D eigenvalue weighted by Gasteiger charge is -2.09. The summed E-state index contributed by atoms with van der Waals surface area (Å²) in [6, 6.07) is 16.5. The molecule has 0 aliphatic carbocycles. The van der Waals surface area contributed by atoms with Gasteiger partial charge in [-0.25, -0.2) is 13.4 Å². The number of hydrogen-bond acceptors (Lipinski definition) is 6. The second kappa shape index (κ2) is 6.73. The SMILES string of the molecule is COc1ccc(S(=O)(=O)Nc2ccc(-c3nc4ncccc4o3)cc2)cc1. The summed E-state index contributed by atoms with van der Waals surface area (Å²) in [7, 11) is -2.17. The molecule has 2 aromatic carbocycles. The highest BCUT2D eigenvalue weighted by atomic mass is 32.2. The molecule has 4 rings (SSSR count). The van der Waals surface area contributed by atoms with E-state index >= 15 is 0 Å². The molecule has 27 heavy (non-hydrogen) atoms. The third kappa shape index (κ3) is 3.47. The third-order valence-electron chi connectivity index (χ3n) is 3.92. The van der Waals surface area contributed by atoms with Crippen LogP contribution in [0.25, 0.3) is 22.7 Å². The highest BCUT2D eigenvalue weighted by Crippen LogP contribution is 2.25. The number of methoxy groups -OCH3 is 1. The molecule has 8 heteroatoms. The number of hydrogen-bond donors (Lipinski definition) is 1. The normalized spacial score (nSPS) is 11.4. The van der Waals surface area contributed by atoms with E-state index in [1.54, 1.807) is 54.7 Å². The predicted octanol–water partition coefficient (Wildman–Crippen LogP) is 3.70. The van der Waals surface area contributed by atoms with E-state index in [0.717, 1.165) is 5.56 Å². The standard InChI is InChI=1S/C19H15N3O4S/c1-25-15-8-10-16(11-9-15)27(23,24)22-14-6-4-13(5-7-14)19-21-18-17(26-19)3-2-12-20-18/h2-12,22H,1H3. The van der Waals surface area contributed by atoms with Gasteiger partial charge in [-0.1, -0.05) is 0 Å². The molecular formula is C19H15N3O4S. The maximum absolute atomic E-state index is 12.5. The first-order valence-corrected chi connectivity index (χ1v) is 9.52. The Balaban J connectivity index is 1.56. The monoisotopic (exact) mass is 381 g/mol. The van der Waals surface area contributed by atoms with E-state index in [0.29, 0.717) is 28.6 Å². The lowest BCUT2D eigenvalue weighted by molar-refractivity contribution is 0.414. The molecule has 0 spiro atoms. The van der Waals surface area contributed by atoms with Gasteiger partial charge in [-0.05, 0) is 60.7 Å². The topological polar surface area (TPSA) is 94.3 Å². The van der Waals surface area contributed by atoms with E-state index in [4.69, 9.17) is 9.15 Å². The number of benzene rings is 2. The van der Waals surface area contributed by atoms with Crippen LogP contribution in [0.2, 0.25) is 0 Å². The second-order valence-corrected chi connectivity index (χ2v) is 7.38. The van der Waals surface area contributed by atoms with Crippen molar-refractivity contribution in [3.05, 3.63) is 66.9 Å². The van der Waals surface area contributed by atoms with Crippen molar-refractivity contribution in [1.29, 1.82) is 0 Å². The highest BCUT2D eigenvalue weighted by molar-refractivity contribution is 7.92. The molecule has 0 aliphatic rings. The van der Waals surface area contributed by atoms with Crippen molar-refractivity contribution in [3.63, 3.8) is 0 Å². The first kappa shape index (κ1) is 17.0. The zero-order valence-corrected chi connectivity index (χ0v) is 15.1. The summed E-state index contributed by atoms with van der Waals surface area (Å²) in [5.74, 6) is 1.01. The van der Waals surface area contributed by atoms with Crippen molar-refractivity contribution < 1.29 is 17.6 Å². The van der Waals surface area contributed by atoms with Crippen LogP contribution in [0, 0.1) is 0 Å². The van der Waals surface area contributed by atoms with Crippen LogP contribution in [-0.4, -0.2) is 25.5 Å². The van der Waals surface area contributed by atoms with Crippen molar-refractivity contribution in [3.8, 4) is 17.2 Å². The van der Waals surface area contributed by atoms with E-state index in [1.807, 2.05) is 0 Å². The number of aromatic nitrogens is 2. The molecule has 7 nitrogen and oxygen atoms in total. The number of sulfonamides is 1. The molecule has 0 amide bonds. The molecule has 0 aliphatic heterocycles. The maximum Gasteiger partial charge on any atom is 0.261 e. The average Bonchev–Trinajstić information content (AvgIpc) is 3.12. The van der Waals surface area contributed by atoms with E-state index in [9.17, 15) is 8.42 Å². The predicted molar refractivity (Wildman–Crippen MR) is 101 cm³/mol. The number of ether oxygens (including phenoxy) is 1. The molecule has 0 unspecified atom stereocenters. The first-order valence-electron chi connectivity index (χ1n) is 8.04. The van der Waals surface area contributed by atoms with Crippen molar-refractivity contribution in [2.24, 2.45) is 0 Å². The van der Waals surface area contributed by atoms with Gasteiger partial charge in [-0.2, -0.15) is 4.98 Å². The maximum atomic E-state index is 12.5. The van der Waals surface area contributed by atoms with E-state index in [-0.39, 0.29) is 4.90 Å². The Bertz CT molecular complexity index is 1150. The summed E-state index contributed by atoms with van der Waals surface area (Å²) in [6.07, 6.45) is 1.64. The molecule has 0 bridgehead atoms. The molecule has 0 atom stereocenters. The van der Waals surface area contributed by atoms with Gasteiger partial charge in [0.2, 0.25) is 5.89 Å². The Kier molecular flexibility index (Phi) is 4.25. The quantitative estimate of drug-likeness (QED) is 0.566. The fourth-order valence-electron chi connectivity index (χ4n) is 2.54. The lowest BCUT2D eigenvalue weighted by Crippen LogP contribution is -2.12. The minimum atomic E-state index is -3.69. The third-order valence-corrected chi connectivity index (χ3v) is 5.32. The lowest BCUT2D eigenvalue weighted by atomic mass is 10.2. The van der Waals surface area contributed by atoms with Crippen LogP contribution in [0.3, 0.4) is 0 Å². The van der Waals surface area contributed by atoms with Crippen molar-refractivity contribution in [2.45, 2.75) is 4.90 Å². The Labute approximate surface area is 155 Å². The van der Waals surface area contributed by atoms with Gasteiger partial charge in [0.25, 0.3) is 10.0 Å². The van der Waals surface area contributed by atoms with Gasteiger partial charge >= 0.3 is 0 Å². The minimum absolute atomic E-state index is 0.150. The minimum Gasteiger partial charge on any atom is -0.497 e. The van der Waals surface area contributed by atoms with Crippen molar-refractivity contribution in [1.82, 2.24) is 9.97 Å². The van der Waals surface area contributed by atoms with Crippen molar-refractivity contribution in [2.75, 3.05) is 11.8 Å². The summed E-state index contributed by atoms with van der Waals surface area (Å²) in [4.78, 5) is 8.61. The fraction of sp³-hybridized carbons (Fsp3) is 0.0526. The number of fused-ring (bicyclic) bond motifs is 1. The fourth-order valence-corrected chi connectivity index (χ4v) is 3.60. The molecule has 0 fully saturated rings. The van der Waals surface area contributed by atoms with E-state index in [1.165, 1.54) is 19.2 Å². The van der Waals surface area contributed by atoms with Gasteiger partial charge in [0.1, 0.15) is 5.75 Å². The smallest absolute Gasteiger partial charge is 0.261 e. The van der Waals surface area contributed by atoms with Gasteiger partial charge in [-0.3, -0.25) is 4.72 Å². The van der Waals surface area contributed by atoms with Gasteiger partial charge in [0.05, 0.1) is 12.0 Å². The average molecular weight is 381 g/mol. The van der Waals surface area contributed by atoms with Crippen LogP contribution < -0.4 is 9.46 Å². The van der Waals surface area contributed by atoms with Crippen LogP contribution in [0.4, 0.5) is 5.69 Å². The molecule has 0 saturated heterocycles. The summed E-state index contributed by atoms with van der Waals surface area (Å²) < 4.78 is 38.2. The number of oxazole rings is 1. The number of rotatable bonds is 5. The largest absolute Gasteiger partial charge is 0.497 e. The zero-order chi connectivity index (χ0) is 18.9. The number of nitrogens with zero attached hydrogens (tertiary/aromatic N) is 2. The van der Waals surface area contributed by atoms with Crippen LogP contribution >= 0.6 is 0 Å². The molecular weight excluding hydrogens is 366 g/mol. The Morgan fingerprint density at radius 2 is 1.74 bits per heavy atom. The Morgan fingerprint density at radius 1 is 1.00 bits per heavy atom. The first-order chi connectivity index (χ1) is 13.0. The molecule has 136 valence electrons. The Morgan fingerprint density at radius 3 is 2.41 bits per heavy atom. The van der Waals surface area contributed by atoms with Gasteiger partial charge < -0.3 is 9.15 Å². The molecule has 1 N–H and O–H groups in total. The molecule has 0 radical (unpaired) electrons. The molecule has 2 heterocycles. The van der Waals surface area contributed by atoms with Gasteiger partial charge in [-0.15, -0.1) is 0 Å². The highest BCUT2D eigenvalue weighted by Gasteiger charge is 2.15. The van der Waals surface area contributed by atoms with Gasteiger partial charge in [0, 0.05) is 17.4 Å². The Hall–Kier alpha value is -3.39. The number of nitrogens with one attached hydrogen (secondary N) is 1.